The number of aliphatic hydroxyl groups excluding tert-OH is 3. The van der Waals surface area contributed by atoms with E-state index in [1.165, 1.54) is 0 Å². The molecule has 2 aromatic rings. The van der Waals surface area contributed by atoms with E-state index in [9.17, 15) is 5.11 Å². The highest BCUT2D eigenvalue weighted by Gasteiger charge is 2.09. The maximum absolute atomic E-state index is 9.27. The molecule has 6 heteroatoms. The Bertz CT molecular complexity index is 570. The number of furan rings is 1. The normalized spacial score (nSPS) is 12.4. The number of hydrogen-bond acceptors (Lipinski definition) is 5. The van der Waals surface area contributed by atoms with Gasteiger partial charge in [0.25, 0.3) is 0 Å². The Labute approximate surface area is 121 Å². The summed E-state index contributed by atoms with van der Waals surface area (Å²) in [5, 5.41) is 30.4. The number of benzene rings is 1. The largest absolute Gasteiger partial charge is 0.459 e. The van der Waals surface area contributed by atoms with E-state index in [1.54, 1.807) is 30.3 Å². The van der Waals surface area contributed by atoms with Crippen molar-refractivity contribution in [3.8, 4) is 11.3 Å². The average molecular weight is 298 g/mol. The fourth-order valence-electron chi connectivity index (χ4n) is 1.73. The van der Waals surface area contributed by atoms with Crippen LogP contribution >= 0.6 is 11.6 Å². The molecule has 0 amide bonds. The molecule has 1 aromatic heterocycles. The van der Waals surface area contributed by atoms with E-state index < -0.39 is 6.10 Å². The van der Waals surface area contributed by atoms with Gasteiger partial charge in [0.1, 0.15) is 18.1 Å². The second kappa shape index (κ2) is 6.76. The standard InChI is InChI=1S/C14H16ClNO4/c15-13-5-9(16-6-10(19)7-17)1-3-12(13)14-4-2-11(8-18)20-14/h1-5,10,16-19H,6-8H2. The van der Waals surface area contributed by atoms with Crippen LogP contribution in [0.3, 0.4) is 0 Å². The minimum Gasteiger partial charge on any atom is -0.459 e. The summed E-state index contributed by atoms with van der Waals surface area (Å²) < 4.78 is 5.43. The highest BCUT2D eigenvalue weighted by molar-refractivity contribution is 6.33. The molecule has 0 aliphatic carbocycles. The van der Waals surface area contributed by atoms with Gasteiger partial charge < -0.3 is 25.1 Å². The molecule has 5 nitrogen and oxygen atoms in total. The van der Waals surface area contributed by atoms with Crippen LogP contribution in [0.5, 0.6) is 0 Å². The quantitative estimate of drug-likeness (QED) is 0.654. The van der Waals surface area contributed by atoms with Gasteiger partial charge in [-0.3, -0.25) is 0 Å². The van der Waals surface area contributed by atoms with Gasteiger partial charge in [-0.2, -0.15) is 0 Å². The number of nitrogens with one attached hydrogen (secondary N) is 1. The van der Waals surface area contributed by atoms with Crippen molar-refractivity contribution in [3.05, 3.63) is 41.1 Å². The fourth-order valence-corrected chi connectivity index (χ4v) is 2.01. The Morgan fingerprint density at radius 3 is 2.60 bits per heavy atom. The van der Waals surface area contributed by atoms with Crippen molar-refractivity contribution < 1.29 is 19.7 Å². The zero-order chi connectivity index (χ0) is 14.5. The van der Waals surface area contributed by atoms with Gasteiger partial charge in [0.2, 0.25) is 0 Å². The molecule has 0 saturated heterocycles. The van der Waals surface area contributed by atoms with Crippen molar-refractivity contribution in [1.29, 1.82) is 0 Å². The lowest BCUT2D eigenvalue weighted by atomic mass is 10.1. The van der Waals surface area contributed by atoms with Crippen LogP contribution in [-0.2, 0) is 6.61 Å². The maximum atomic E-state index is 9.27. The van der Waals surface area contributed by atoms with Crippen LogP contribution in [-0.4, -0.2) is 34.6 Å². The Kier molecular flexibility index (Phi) is 5.03. The smallest absolute Gasteiger partial charge is 0.135 e. The first-order valence-corrected chi connectivity index (χ1v) is 6.54. The van der Waals surface area contributed by atoms with Crippen LogP contribution in [0, 0.1) is 0 Å². The van der Waals surface area contributed by atoms with Gasteiger partial charge >= 0.3 is 0 Å². The second-order valence-corrected chi connectivity index (χ2v) is 4.74. The third kappa shape index (κ3) is 3.52. The lowest BCUT2D eigenvalue weighted by Gasteiger charge is -2.11. The second-order valence-electron chi connectivity index (χ2n) is 4.34. The molecule has 0 aliphatic heterocycles. The number of halogens is 1. The number of aliphatic hydroxyl groups is 3. The molecular weight excluding hydrogens is 282 g/mol. The molecule has 1 aromatic carbocycles. The summed E-state index contributed by atoms with van der Waals surface area (Å²) in [6.45, 7) is -0.215. The van der Waals surface area contributed by atoms with Crippen molar-refractivity contribution in [2.24, 2.45) is 0 Å². The van der Waals surface area contributed by atoms with Crippen LogP contribution in [0.4, 0.5) is 5.69 Å². The summed E-state index contributed by atoms with van der Waals surface area (Å²) in [4.78, 5) is 0. The van der Waals surface area contributed by atoms with Crippen molar-refractivity contribution in [3.63, 3.8) is 0 Å². The van der Waals surface area contributed by atoms with Crippen LogP contribution in [0.2, 0.25) is 5.02 Å². The van der Waals surface area contributed by atoms with Crippen molar-refractivity contribution in [1.82, 2.24) is 0 Å². The predicted octanol–water partition coefficient (Wildman–Crippen LogP) is 1.86. The molecule has 0 radical (unpaired) electrons. The van der Waals surface area contributed by atoms with E-state index in [0.29, 0.717) is 16.5 Å². The maximum Gasteiger partial charge on any atom is 0.135 e. The molecule has 0 saturated carbocycles. The summed E-state index contributed by atoms with van der Waals surface area (Å²) in [6.07, 6.45) is -0.814. The van der Waals surface area contributed by atoms with E-state index >= 15 is 0 Å². The number of anilines is 1. The summed E-state index contributed by atoms with van der Waals surface area (Å²) in [6, 6.07) is 8.73. The van der Waals surface area contributed by atoms with Crippen molar-refractivity contribution >= 4 is 17.3 Å². The highest BCUT2D eigenvalue weighted by atomic mass is 35.5. The monoisotopic (exact) mass is 297 g/mol. The van der Waals surface area contributed by atoms with Gasteiger partial charge in [-0.15, -0.1) is 0 Å². The van der Waals surface area contributed by atoms with Gasteiger partial charge in [0.05, 0.1) is 17.7 Å². The zero-order valence-electron chi connectivity index (χ0n) is 10.7. The van der Waals surface area contributed by atoms with Gasteiger partial charge in [0.15, 0.2) is 0 Å². The van der Waals surface area contributed by atoms with Crippen LogP contribution < -0.4 is 5.32 Å². The highest BCUT2D eigenvalue weighted by Crippen LogP contribution is 2.31. The lowest BCUT2D eigenvalue weighted by molar-refractivity contribution is 0.105. The van der Waals surface area contributed by atoms with Crippen LogP contribution in [0.15, 0.2) is 34.7 Å². The van der Waals surface area contributed by atoms with Gasteiger partial charge in [-0.25, -0.2) is 0 Å². The summed E-state index contributed by atoms with van der Waals surface area (Å²) in [5.74, 6) is 1.06. The molecule has 1 unspecified atom stereocenters. The van der Waals surface area contributed by atoms with Crippen LogP contribution in [0.25, 0.3) is 11.3 Å². The SMILES string of the molecule is OCc1ccc(-c2ccc(NCC(O)CO)cc2Cl)o1. The summed E-state index contributed by atoms with van der Waals surface area (Å²) >= 11 is 6.19. The first kappa shape index (κ1) is 14.9. The Balaban J connectivity index is 2.13. The van der Waals surface area contributed by atoms with Crippen molar-refractivity contribution in [2.75, 3.05) is 18.5 Å². The number of hydrogen-bond donors (Lipinski definition) is 4. The third-order valence-corrected chi connectivity index (χ3v) is 3.12. The summed E-state index contributed by atoms with van der Waals surface area (Å²) in [5.41, 5.74) is 1.46. The van der Waals surface area contributed by atoms with E-state index in [-0.39, 0.29) is 19.8 Å². The molecule has 0 bridgehead atoms. The van der Waals surface area contributed by atoms with E-state index in [2.05, 4.69) is 5.32 Å². The molecule has 1 heterocycles. The summed E-state index contributed by atoms with van der Waals surface area (Å²) in [7, 11) is 0. The molecule has 0 spiro atoms. The third-order valence-electron chi connectivity index (χ3n) is 2.80. The van der Waals surface area contributed by atoms with Crippen molar-refractivity contribution in [2.45, 2.75) is 12.7 Å². The molecule has 4 N–H and O–H groups in total. The minimum atomic E-state index is -0.814. The lowest BCUT2D eigenvalue weighted by Crippen LogP contribution is -2.22. The van der Waals surface area contributed by atoms with E-state index in [4.69, 9.17) is 26.2 Å². The first-order chi connectivity index (χ1) is 9.63. The van der Waals surface area contributed by atoms with E-state index in [0.717, 1.165) is 11.3 Å². The molecule has 108 valence electrons. The van der Waals surface area contributed by atoms with Gasteiger partial charge in [0, 0.05) is 17.8 Å². The molecular formula is C14H16ClNO4. The first-order valence-electron chi connectivity index (χ1n) is 6.16. The number of rotatable bonds is 6. The molecule has 1 atom stereocenters. The van der Waals surface area contributed by atoms with Gasteiger partial charge in [-0.1, -0.05) is 11.6 Å². The van der Waals surface area contributed by atoms with Gasteiger partial charge in [-0.05, 0) is 30.3 Å². The van der Waals surface area contributed by atoms with E-state index in [1.807, 2.05) is 0 Å². The molecule has 20 heavy (non-hydrogen) atoms. The Morgan fingerprint density at radius 1 is 1.20 bits per heavy atom. The Morgan fingerprint density at radius 2 is 2.00 bits per heavy atom. The topological polar surface area (TPSA) is 85.9 Å². The minimum absolute atomic E-state index is 0.156. The zero-order valence-corrected chi connectivity index (χ0v) is 11.5. The fraction of sp³-hybridized carbons (Fsp3) is 0.286. The molecule has 0 fully saturated rings. The molecule has 0 aliphatic rings. The Hall–Kier alpha value is -1.53. The van der Waals surface area contributed by atoms with Crippen LogP contribution in [0.1, 0.15) is 5.76 Å². The average Bonchev–Trinajstić information content (AvgIpc) is 2.93. The predicted molar refractivity (Wildman–Crippen MR) is 76.7 cm³/mol. The molecule has 2 rings (SSSR count).